The molecule has 0 aliphatic heterocycles. The van der Waals surface area contributed by atoms with Crippen LogP contribution in [-0.4, -0.2) is 27.2 Å². The smallest absolute Gasteiger partial charge is 0.241 e. The van der Waals surface area contributed by atoms with Gasteiger partial charge in [0, 0.05) is 12.1 Å². The first-order valence-corrected chi connectivity index (χ1v) is 10.1. The summed E-state index contributed by atoms with van der Waals surface area (Å²) in [6.07, 6.45) is 1.44. The fourth-order valence-corrected chi connectivity index (χ4v) is 3.94. The lowest BCUT2D eigenvalue weighted by Crippen LogP contribution is -2.43. The second-order valence-electron chi connectivity index (χ2n) is 7.78. The molecule has 1 rings (SSSR count). The van der Waals surface area contributed by atoms with Gasteiger partial charge in [-0.2, -0.15) is 0 Å². The van der Waals surface area contributed by atoms with E-state index in [9.17, 15) is 8.42 Å². The molecule has 4 nitrogen and oxygen atoms in total. The van der Waals surface area contributed by atoms with E-state index < -0.39 is 15.6 Å². The normalized spacial score (nSPS) is 13.3. The first kappa shape index (κ1) is 21.7. The fourth-order valence-electron chi connectivity index (χ4n) is 2.11. The van der Waals surface area contributed by atoms with Crippen molar-refractivity contribution in [1.29, 1.82) is 0 Å². The maximum Gasteiger partial charge on any atom is 0.241 e. The van der Waals surface area contributed by atoms with Crippen LogP contribution >= 0.6 is 23.2 Å². The van der Waals surface area contributed by atoms with Crippen LogP contribution in [0.1, 0.15) is 47.5 Å². The monoisotopic (exact) mass is 395 g/mol. The molecule has 0 unspecified atom stereocenters. The van der Waals surface area contributed by atoms with E-state index in [1.165, 1.54) is 18.2 Å². The molecule has 138 valence electrons. The van der Waals surface area contributed by atoms with E-state index >= 15 is 0 Å². The number of halogens is 2. The van der Waals surface area contributed by atoms with E-state index in [0.29, 0.717) is 24.7 Å². The summed E-state index contributed by atoms with van der Waals surface area (Å²) in [5.74, 6) is 0. The summed E-state index contributed by atoms with van der Waals surface area (Å²) < 4.78 is 33.3. The molecular formula is C17H27Cl2NO3S. The van der Waals surface area contributed by atoms with Crippen molar-refractivity contribution in [2.75, 3.05) is 13.2 Å². The molecule has 1 aromatic carbocycles. The van der Waals surface area contributed by atoms with Gasteiger partial charge in [0.15, 0.2) is 0 Å². The molecule has 0 heterocycles. The third kappa shape index (κ3) is 7.70. The highest BCUT2D eigenvalue weighted by molar-refractivity contribution is 7.89. The molecule has 0 amide bonds. The summed E-state index contributed by atoms with van der Waals surface area (Å²) in [6.45, 7) is 11.3. The van der Waals surface area contributed by atoms with Crippen molar-refractivity contribution < 1.29 is 13.2 Å². The van der Waals surface area contributed by atoms with Crippen LogP contribution < -0.4 is 4.72 Å². The van der Waals surface area contributed by atoms with Crippen LogP contribution in [-0.2, 0) is 14.8 Å². The number of benzene rings is 1. The van der Waals surface area contributed by atoms with Crippen LogP contribution in [0.25, 0.3) is 0 Å². The molecular weight excluding hydrogens is 369 g/mol. The number of ether oxygens (including phenoxy) is 1. The van der Waals surface area contributed by atoms with Gasteiger partial charge in [0.2, 0.25) is 10.0 Å². The number of hydrogen-bond donors (Lipinski definition) is 1. The molecule has 0 radical (unpaired) electrons. The summed E-state index contributed by atoms with van der Waals surface area (Å²) in [5, 5.41) is 0.541. The lowest BCUT2D eigenvalue weighted by atomic mass is 9.98. The molecule has 0 saturated carbocycles. The van der Waals surface area contributed by atoms with Crippen LogP contribution in [0, 0.1) is 5.41 Å². The first-order valence-electron chi connectivity index (χ1n) is 7.89. The Balaban J connectivity index is 2.60. The van der Waals surface area contributed by atoms with Crippen LogP contribution in [0.5, 0.6) is 0 Å². The van der Waals surface area contributed by atoms with Crippen molar-refractivity contribution in [2.24, 2.45) is 5.41 Å². The van der Waals surface area contributed by atoms with Gasteiger partial charge in [-0.25, -0.2) is 13.1 Å². The van der Waals surface area contributed by atoms with Crippen molar-refractivity contribution in [3.63, 3.8) is 0 Å². The Labute approximate surface area is 155 Å². The molecule has 0 saturated heterocycles. The van der Waals surface area contributed by atoms with Crippen LogP contribution in [0.2, 0.25) is 10.0 Å². The van der Waals surface area contributed by atoms with E-state index in [4.69, 9.17) is 27.9 Å². The second-order valence-corrected chi connectivity index (χ2v) is 10.3. The highest BCUT2D eigenvalue weighted by Crippen LogP contribution is 2.26. The van der Waals surface area contributed by atoms with Gasteiger partial charge in [0.1, 0.15) is 0 Å². The predicted molar refractivity (Wildman–Crippen MR) is 100 cm³/mol. The molecule has 0 fully saturated rings. The Morgan fingerprint density at radius 3 is 2.25 bits per heavy atom. The van der Waals surface area contributed by atoms with E-state index in [0.717, 1.165) is 6.42 Å². The maximum atomic E-state index is 12.5. The van der Waals surface area contributed by atoms with Crippen molar-refractivity contribution >= 4 is 33.2 Å². The minimum absolute atomic E-state index is 0.106. The molecule has 1 N–H and O–H groups in total. The summed E-state index contributed by atoms with van der Waals surface area (Å²) in [4.78, 5) is 0.106. The lowest BCUT2D eigenvalue weighted by Gasteiger charge is -2.26. The van der Waals surface area contributed by atoms with Gasteiger partial charge in [0.25, 0.3) is 0 Å². The molecule has 0 bridgehead atoms. The third-order valence-corrected chi connectivity index (χ3v) is 5.67. The van der Waals surface area contributed by atoms with E-state index in [-0.39, 0.29) is 15.3 Å². The van der Waals surface area contributed by atoms with Crippen LogP contribution in [0.15, 0.2) is 23.1 Å². The molecule has 24 heavy (non-hydrogen) atoms. The fraction of sp³-hybridized carbons (Fsp3) is 0.647. The number of hydrogen-bond acceptors (Lipinski definition) is 3. The highest BCUT2D eigenvalue weighted by Gasteiger charge is 2.26. The molecule has 0 aromatic heterocycles. The Kier molecular flexibility index (Phi) is 7.57. The number of nitrogens with one attached hydrogen (secondary N) is 1. The molecule has 0 aliphatic rings. The SMILES string of the molecule is CC(C)(C)COCCCC(C)(C)NS(=O)(=O)c1ccc(Cl)c(Cl)c1. The highest BCUT2D eigenvalue weighted by atomic mass is 35.5. The maximum absolute atomic E-state index is 12.5. The van der Waals surface area contributed by atoms with Gasteiger partial charge in [0.05, 0.1) is 21.5 Å². The molecule has 0 spiro atoms. The Hall–Kier alpha value is -0.330. The average Bonchev–Trinajstić information content (AvgIpc) is 2.38. The van der Waals surface area contributed by atoms with Gasteiger partial charge in [-0.05, 0) is 50.3 Å². The van der Waals surface area contributed by atoms with Crippen molar-refractivity contribution in [3.05, 3.63) is 28.2 Å². The minimum atomic E-state index is -3.66. The first-order chi connectivity index (χ1) is 10.8. The van der Waals surface area contributed by atoms with Crippen molar-refractivity contribution in [1.82, 2.24) is 4.72 Å². The second kappa shape index (κ2) is 8.37. The summed E-state index contributed by atoms with van der Waals surface area (Å²) in [6, 6.07) is 4.28. The standard InChI is InChI=1S/C17H27Cl2NO3S/c1-16(2,3)12-23-10-6-9-17(4,5)20-24(21,22)13-7-8-14(18)15(19)11-13/h7-8,11,20H,6,9-10,12H2,1-5H3. The quantitative estimate of drug-likeness (QED) is 0.637. The van der Waals surface area contributed by atoms with E-state index in [2.05, 4.69) is 25.5 Å². The van der Waals surface area contributed by atoms with Gasteiger partial charge in [-0.3, -0.25) is 0 Å². The van der Waals surface area contributed by atoms with Gasteiger partial charge in [-0.1, -0.05) is 44.0 Å². The molecule has 0 atom stereocenters. The third-order valence-electron chi connectivity index (χ3n) is 3.24. The van der Waals surface area contributed by atoms with Crippen LogP contribution in [0.4, 0.5) is 0 Å². The van der Waals surface area contributed by atoms with E-state index in [1.807, 2.05) is 13.8 Å². The average molecular weight is 396 g/mol. The lowest BCUT2D eigenvalue weighted by molar-refractivity contribution is 0.0664. The molecule has 0 aliphatic carbocycles. The van der Waals surface area contributed by atoms with Gasteiger partial charge < -0.3 is 4.74 Å². The van der Waals surface area contributed by atoms with Gasteiger partial charge >= 0.3 is 0 Å². The Bertz CT molecular complexity index is 652. The van der Waals surface area contributed by atoms with Crippen molar-refractivity contribution in [3.8, 4) is 0 Å². The topological polar surface area (TPSA) is 55.4 Å². The van der Waals surface area contributed by atoms with E-state index in [1.54, 1.807) is 0 Å². The largest absolute Gasteiger partial charge is 0.381 e. The Morgan fingerprint density at radius 2 is 1.71 bits per heavy atom. The predicted octanol–water partition coefficient (Wildman–Crippen LogP) is 4.89. The van der Waals surface area contributed by atoms with Crippen molar-refractivity contribution in [2.45, 2.75) is 57.9 Å². The summed E-state index contributed by atoms with van der Waals surface area (Å²) >= 11 is 11.7. The number of sulfonamides is 1. The van der Waals surface area contributed by atoms with Gasteiger partial charge in [-0.15, -0.1) is 0 Å². The summed E-state index contributed by atoms with van der Waals surface area (Å²) in [7, 11) is -3.66. The zero-order valence-electron chi connectivity index (χ0n) is 14.9. The molecule has 7 heteroatoms. The summed E-state index contributed by atoms with van der Waals surface area (Å²) in [5.41, 5.74) is -0.457. The zero-order valence-corrected chi connectivity index (χ0v) is 17.3. The minimum Gasteiger partial charge on any atom is -0.381 e. The zero-order chi connectivity index (χ0) is 18.6. The Morgan fingerprint density at radius 1 is 1.08 bits per heavy atom. The van der Waals surface area contributed by atoms with Crippen LogP contribution in [0.3, 0.4) is 0 Å². The molecule has 1 aromatic rings. The number of rotatable bonds is 8.